The van der Waals surface area contributed by atoms with Crippen molar-refractivity contribution in [3.63, 3.8) is 0 Å². The fraction of sp³-hybridized carbons (Fsp3) is 0.400. The van der Waals surface area contributed by atoms with E-state index in [0.717, 1.165) is 11.9 Å². The zero-order valence-electron chi connectivity index (χ0n) is 11.3. The van der Waals surface area contributed by atoms with Crippen LogP contribution in [0.15, 0.2) is 24.3 Å². The zero-order chi connectivity index (χ0) is 13.4. The van der Waals surface area contributed by atoms with E-state index in [-0.39, 0.29) is 18.1 Å². The molecular formula is C15H19N2O2+. The van der Waals surface area contributed by atoms with E-state index in [1.165, 1.54) is 16.6 Å². The second kappa shape index (κ2) is 4.70. The molecule has 4 nitrogen and oxygen atoms in total. The van der Waals surface area contributed by atoms with Crippen molar-refractivity contribution in [1.29, 1.82) is 0 Å². The molecule has 3 N–H and O–H groups in total. The largest absolute Gasteiger partial charge is 0.462 e. The molecule has 0 aliphatic carbocycles. The Morgan fingerprint density at radius 1 is 1.47 bits per heavy atom. The van der Waals surface area contributed by atoms with Gasteiger partial charge in [0, 0.05) is 17.3 Å². The quantitative estimate of drug-likeness (QED) is 0.798. The van der Waals surface area contributed by atoms with Crippen LogP contribution in [0.2, 0.25) is 0 Å². The van der Waals surface area contributed by atoms with Crippen LogP contribution in [0, 0.1) is 0 Å². The standard InChI is InChI=1S/C15H18N2O2/c1-3-19-15(18)13-8-11-10-6-4-5-7-12(10)17-14(11)9(2)16-13/h4-7,9,13,16-17H,3,8H2,1-2H3/p+1/t9-,13+/m0/s1. The van der Waals surface area contributed by atoms with Gasteiger partial charge in [-0.2, -0.15) is 0 Å². The van der Waals surface area contributed by atoms with Gasteiger partial charge in [-0.3, -0.25) is 0 Å². The normalized spacial score (nSPS) is 22.2. The zero-order valence-corrected chi connectivity index (χ0v) is 11.3. The Hall–Kier alpha value is -1.81. The summed E-state index contributed by atoms with van der Waals surface area (Å²) in [5, 5.41) is 3.32. The van der Waals surface area contributed by atoms with Crippen LogP contribution < -0.4 is 5.32 Å². The Bertz CT molecular complexity index is 618. The highest BCUT2D eigenvalue weighted by Gasteiger charge is 2.35. The summed E-state index contributed by atoms with van der Waals surface area (Å²) >= 11 is 0. The number of rotatable bonds is 2. The first-order valence-corrected chi connectivity index (χ1v) is 6.81. The molecular weight excluding hydrogens is 240 g/mol. The molecule has 0 saturated heterocycles. The van der Waals surface area contributed by atoms with Gasteiger partial charge in [0.25, 0.3) is 0 Å². The topological polar surface area (TPSA) is 58.7 Å². The number of nitrogens with two attached hydrogens (primary N) is 1. The third-order valence-corrected chi connectivity index (χ3v) is 3.84. The summed E-state index contributed by atoms with van der Waals surface area (Å²) < 4.78 is 5.15. The van der Waals surface area contributed by atoms with Crippen molar-refractivity contribution >= 4 is 16.9 Å². The molecule has 100 valence electrons. The number of quaternary nitrogens is 1. The van der Waals surface area contributed by atoms with Crippen LogP contribution in [0.25, 0.3) is 10.9 Å². The van der Waals surface area contributed by atoms with Gasteiger partial charge in [0.05, 0.1) is 12.3 Å². The number of para-hydroxylation sites is 1. The number of fused-ring (bicyclic) bond motifs is 3. The lowest BCUT2D eigenvalue weighted by molar-refractivity contribution is -0.718. The average molecular weight is 259 g/mol. The minimum Gasteiger partial charge on any atom is -0.462 e. The lowest BCUT2D eigenvalue weighted by Crippen LogP contribution is -2.94. The second-order valence-electron chi connectivity index (χ2n) is 5.11. The summed E-state index contributed by atoms with van der Waals surface area (Å²) in [5.41, 5.74) is 3.66. The van der Waals surface area contributed by atoms with Crippen molar-refractivity contribution in [3.05, 3.63) is 35.5 Å². The highest BCUT2D eigenvalue weighted by Crippen LogP contribution is 2.28. The summed E-state index contributed by atoms with van der Waals surface area (Å²) in [6, 6.07) is 8.40. The molecule has 2 aromatic rings. The first-order chi connectivity index (χ1) is 9.20. The molecule has 0 saturated carbocycles. The van der Waals surface area contributed by atoms with E-state index in [0.29, 0.717) is 6.61 Å². The molecule has 0 unspecified atom stereocenters. The van der Waals surface area contributed by atoms with Gasteiger partial charge in [-0.25, -0.2) is 4.79 Å². The lowest BCUT2D eigenvalue weighted by Gasteiger charge is -2.24. The van der Waals surface area contributed by atoms with Gasteiger partial charge >= 0.3 is 5.97 Å². The second-order valence-corrected chi connectivity index (χ2v) is 5.11. The molecule has 0 amide bonds. The number of hydrogen-bond acceptors (Lipinski definition) is 2. The fourth-order valence-corrected chi connectivity index (χ4v) is 2.97. The highest BCUT2D eigenvalue weighted by atomic mass is 16.5. The number of carbonyl (C=O) groups is 1. The predicted octanol–water partition coefficient (Wildman–Crippen LogP) is 1.28. The predicted molar refractivity (Wildman–Crippen MR) is 72.8 cm³/mol. The van der Waals surface area contributed by atoms with E-state index in [9.17, 15) is 4.79 Å². The van der Waals surface area contributed by atoms with Crippen molar-refractivity contribution in [1.82, 2.24) is 4.98 Å². The Morgan fingerprint density at radius 2 is 2.26 bits per heavy atom. The molecule has 1 aromatic carbocycles. The Morgan fingerprint density at radius 3 is 3.05 bits per heavy atom. The van der Waals surface area contributed by atoms with Crippen molar-refractivity contribution < 1.29 is 14.8 Å². The van der Waals surface area contributed by atoms with E-state index >= 15 is 0 Å². The fourth-order valence-electron chi connectivity index (χ4n) is 2.97. The number of hydrogen-bond donors (Lipinski definition) is 2. The third kappa shape index (κ3) is 2.02. The monoisotopic (exact) mass is 259 g/mol. The molecule has 1 aliphatic heterocycles. The van der Waals surface area contributed by atoms with Gasteiger partial charge < -0.3 is 15.0 Å². The van der Waals surface area contributed by atoms with Crippen LogP contribution in [0.5, 0.6) is 0 Å². The number of H-pyrrole nitrogens is 1. The van der Waals surface area contributed by atoms with Crippen LogP contribution in [-0.4, -0.2) is 23.6 Å². The molecule has 1 aromatic heterocycles. The van der Waals surface area contributed by atoms with E-state index in [2.05, 4.69) is 29.4 Å². The van der Waals surface area contributed by atoms with Crippen molar-refractivity contribution in [2.45, 2.75) is 32.4 Å². The van der Waals surface area contributed by atoms with Crippen LogP contribution in [0.4, 0.5) is 0 Å². The summed E-state index contributed by atoms with van der Waals surface area (Å²) in [5.74, 6) is -0.106. The summed E-state index contributed by atoms with van der Waals surface area (Å²) in [7, 11) is 0. The number of carbonyl (C=O) groups excluding carboxylic acids is 1. The van der Waals surface area contributed by atoms with Crippen molar-refractivity contribution in [3.8, 4) is 0 Å². The van der Waals surface area contributed by atoms with Gasteiger partial charge in [0.15, 0.2) is 6.04 Å². The molecule has 0 bridgehead atoms. The Balaban J connectivity index is 2.00. The first kappa shape index (κ1) is 12.2. The average Bonchev–Trinajstić information content (AvgIpc) is 2.78. The first-order valence-electron chi connectivity index (χ1n) is 6.81. The number of esters is 1. The maximum absolute atomic E-state index is 11.9. The number of nitrogens with one attached hydrogen (secondary N) is 1. The van der Waals surface area contributed by atoms with E-state index in [1.54, 1.807) is 0 Å². The Kier molecular flexibility index (Phi) is 3.03. The van der Waals surface area contributed by atoms with Crippen LogP contribution in [0.3, 0.4) is 0 Å². The van der Waals surface area contributed by atoms with Gasteiger partial charge in [0.1, 0.15) is 6.04 Å². The van der Waals surface area contributed by atoms with Crippen LogP contribution >= 0.6 is 0 Å². The molecule has 0 radical (unpaired) electrons. The van der Waals surface area contributed by atoms with Gasteiger partial charge in [-0.1, -0.05) is 18.2 Å². The number of benzene rings is 1. The Labute approximate surface area is 112 Å². The van der Waals surface area contributed by atoms with Crippen LogP contribution in [0.1, 0.15) is 31.1 Å². The van der Waals surface area contributed by atoms with Gasteiger partial charge in [0.2, 0.25) is 0 Å². The summed E-state index contributed by atoms with van der Waals surface area (Å²) in [6.45, 7) is 4.42. The number of aromatic amines is 1. The van der Waals surface area contributed by atoms with Crippen LogP contribution in [-0.2, 0) is 16.0 Å². The van der Waals surface area contributed by atoms with Gasteiger partial charge in [-0.15, -0.1) is 0 Å². The van der Waals surface area contributed by atoms with Gasteiger partial charge in [-0.05, 0) is 25.5 Å². The molecule has 4 heteroatoms. The molecule has 0 fully saturated rings. The smallest absolute Gasteiger partial charge is 0.365 e. The van der Waals surface area contributed by atoms with E-state index in [4.69, 9.17) is 4.74 Å². The summed E-state index contributed by atoms with van der Waals surface area (Å²) in [4.78, 5) is 15.4. The molecule has 3 rings (SSSR count). The number of ether oxygens (including phenoxy) is 1. The number of aromatic nitrogens is 1. The maximum Gasteiger partial charge on any atom is 0.365 e. The maximum atomic E-state index is 11.9. The molecule has 2 atom stereocenters. The minimum absolute atomic E-state index is 0.106. The summed E-state index contributed by atoms with van der Waals surface area (Å²) in [6.07, 6.45) is 0.739. The van der Waals surface area contributed by atoms with E-state index < -0.39 is 0 Å². The molecule has 2 heterocycles. The molecule has 19 heavy (non-hydrogen) atoms. The minimum atomic E-state index is -0.123. The third-order valence-electron chi connectivity index (χ3n) is 3.84. The molecule has 1 aliphatic rings. The van der Waals surface area contributed by atoms with Crippen molar-refractivity contribution in [2.24, 2.45) is 0 Å². The van der Waals surface area contributed by atoms with Crippen molar-refractivity contribution in [2.75, 3.05) is 6.61 Å². The SMILES string of the molecule is CCOC(=O)[C@H]1Cc2c([nH]c3ccccc23)[C@H](C)[NH2+]1. The van der Waals surface area contributed by atoms with E-state index in [1.807, 2.05) is 19.1 Å². The lowest BCUT2D eigenvalue weighted by atomic mass is 9.95. The molecule has 0 spiro atoms. The highest BCUT2D eigenvalue weighted by molar-refractivity contribution is 5.86.